The molecule has 2 rings (SSSR count). The molecule has 0 radical (unpaired) electrons. The summed E-state index contributed by atoms with van der Waals surface area (Å²) in [6, 6.07) is 2.13. The zero-order valence-corrected chi connectivity index (χ0v) is 11.2. The predicted molar refractivity (Wildman–Crippen MR) is 67.4 cm³/mol. The van der Waals surface area contributed by atoms with Crippen molar-refractivity contribution in [3.05, 3.63) is 29.6 Å². The van der Waals surface area contributed by atoms with E-state index in [4.69, 9.17) is 0 Å². The third-order valence-electron chi connectivity index (χ3n) is 3.33. The zero-order chi connectivity index (χ0) is 15.5. The highest BCUT2D eigenvalue weighted by molar-refractivity contribution is 5.32. The number of halogens is 4. The predicted octanol–water partition coefficient (Wildman–Crippen LogP) is 1.66. The van der Waals surface area contributed by atoms with Crippen molar-refractivity contribution >= 4 is 0 Å². The summed E-state index contributed by atoms with van der Waals surface area (Å²) in [7, 11) is 0. The molecule has 0 spiro atoms. The average molecular weight is 308 g/mol. The molecule has 0 aliphatic carbocycles. The summed E-state index contributed by atoms with van der Waals surface area (Å²) in [5.74, 6) is -1.16. The van der Waals surface area contributed by atoms with Crippen LogP contribution in [0.1, 0.15) is 11.6 Å². The number of benzene rings is 1. The van der Waals surface area contributed by atoms with Gasteiger partial charge in [-0.3, -0.25) is 4.90 Å². The molecule has 1 saturated heterocycles. The highest BCUT2D eigenvalue weighted by Crippen LogP contribution is 2.30. The molecular formula is C13H16F4N2O2. The second-order valence-corrected chi connectivity index (χ2v) is 4.72. The molecule has 1 atom stereocenters. The van der Waals surface area contributed by atoms with E-state index in [0.29, 0.717) is 26.2 Å². The number of hydrogen-bond donors (Lipinski definition) is 2. The Bertz CT molecular complexity index is 476. The van der Waals surface area contributed by atoms with Crippen LogP contribution < -0.4 is 10.1 Å². The first kappa shape index (κ1) is 16.0. The Morgan fingerprint density at radius 2 is 1.95 bits per heavy atom. The lowest BCUT2D eigenvalue weighted by molar-refractivity contribution is -0.274. The van der Waals surface area contributed by atoms with E-state index in [-0.39, 0.29) is 12.2 Å². The van der Waals surface area contributed by atoms with E-state index in [1.54, 1.807) is 0 Å². The molecule has 1 fully saturated rings. The van der Waals surface area contributed by atoms with Crippen LogP contribution in [0.2, 0.25) is 0 Å². The summed E-state index contributed by atoms with van der Waals surface area (Å²) in [5, 5.41) is 12.6. The third-order valence-corrected chi connectivity index (χ3v) is 3.33. The van der Waals surface area contributed by atoms with E-state index in [9.17, 15) is 22.7 Å². The molecular weight excluding hydrogens is 292 g/mol. The fourth-order valence-corrected chi connectivity index (χ4v) is 2.38. The Morgan fingerprint density at radius 1 is 1.29 bits per heavy atom. The maximum atomic E-state index is 13.9. The first-order valence-corrected chi connectivity index (χ1v) is 6.51. The van der Waals surface area contributed by atoms with Crippen molar-refractivity contribution in [1.29, 1.82) is 0 Å². The van der Waals surface area contributed by atoms with Gasteiger partial charge in [-0.15, -0.1) is 13.2 Å². The van der Waals surface area contributed by atoms with Crippen molar-refractivity contribution in [3.63, 3.8) is 0 Å². The van der Waals surface area contributed by atoms with Crippen LogP contribution in [0.5, 0.6) is 5.75 Å². The van der Waals surface area contributed by atoms with E-state index in [1.807, 2.05) is 4.90 Å². The summed E-state index contributed by atoms with van der Waals surface area (Å²) >= 11 is 0. The molecule has 2 N–H and O–H groups in total. The molecule has 21 heavy (non-hydrogen) atoms. The number of ether oxygens (including phenoxy) is 1. The van der Waals surface area contributed by atoms with Gasteiger partial charge in [0.05, 0.1) is 12.6 Å². The first-order chi connectivity index (χ1) is 9.90. The summed E-state index contributed by atoms with van der Waals surface area (Å²) in [5.41, 5.74) is 0.00106. The summed E-state index contributed by atoms with van der Waals surface area (Å²) < 4.78 is 54.4. The van der Waals surface area contributed by atoms with Gasteiger partial charge in [0, 0.05) is 31.7 Å². The fraction of sp³-hybridized carbons (Fsp3) is 0.538. The van der Waals surface area contributed by atoms with Gasteiger partial charge in [-0.1, -0.05) is 0 Å². The Kier molecular flexibility index (Phi) is 5.02. The van der Waals surface area contributed by atoms with Crippen LogP contribution in [0.15, 0.2) is 18.2 Å². The molecule has 1 aromatic rings. The van der Waals surface area contributed by atoms with Gasteiger partial charge in [-0.05, 0) is 18.2 Å². The standard InChI is InChI=1S/C13H16F4N2O2/c14-11-2-1-9(21-13(15,16)17)7-10(11)12(8-20)19-5-3-18-4-6-19/h1-2,7,12,18,20H,3-6,8H2/t12-/m1/s1. The minimum Gasteiger partial charge on any atom is -0.406 e. The number of aliphatic hydroxyl groups is 1. The van der Waals surface area contributed by atoms with Crippen LogP contribution in [0.25, 0.3) is 0 Å². The van der Waals surface area contributed by atoms with Crippen molar-refractivity contribution in [3.8, 4) is 5.75 Å². The normalized spacial score (nSPS) is 18.5. The van der Waals surface area contributed by atoms with Crippen molar-refractivity contribution in [2.75, 3.05) is 32.8 Å². The van der Waals surface area contributed by atoms with Gasteiger partial charge in [-0.2, -0.15) is 0 Å². The second kappa shape index (κ2) is 6.59. The first-order valence-electron chi connectivity index (χ1n) is 6.51. The third kappa shape index (κ3) is 4.29. The molecule has 0 unspecified atom stereocenters. The number of hydrogen-bond acceptors (Lipinski definition) is 4. The highest BCUT2D eigenvalue weighted by Gasteiger charge is 2.32. The van der Waals surface area contributed by atoms with E-state index in [0.717, 1.165) is 18.2 Å². The molecule has 0 saturated carbocycles. The molecule has 0 aromatic heterocycles. The molecule has 0 bridgehead atoms. The van der Waals surface area contributed by atoms with E-state index in [1.165, 1.54) is 0 Å². The molecule has 0 amide bonds. The summed E-state index contributed by atoms with van der Waals surface area (Å²) in [6.07, 6.45) is -4.83. The lowest BCUT2D eigenvalue weighted by Gasteiger charge is -2.34. The Hall–Kier alpha value is -1.38. The van der Waals surface area contributed by atoms with E-state index in [2.05, 4.69) is 10.1 Å². The molecule has 8 heteroatoms. The van der Waals surface area contributed by atoms with Gasteiger partial charge >= 0.3 is 6.36 Å². The SMILES string of the molecule is OC[C@H](c1cc(OC(F)(F)F)ccc1F)N1CCNCC1. The minimum absolute atomic E-state index is 0.00106. The zero-order valence-electron chi connectivity index (χ0n) is 11.2. The molecule has 1 aromatic carbocycles. The fourth-order valence-electron chi connectivity index (χ4n) is 2.38. The molecule has 1 heterocycles. The monoisotopic (exact) mass is 308 g/mol. The van der Waals surface area contributed by atoms with Crippen LogP contribution in [-0.2, 0) is 0 Å². The quantitative estimate of drug-likeness (QED) is 0.831. The molecule has 1 aliphatic heterocycles. The van der Waals surface area contributed by atoms with Crippen LogP contribution in [-0.4, -0.2) is 49.2 Å². The Morgan fingerprint density at radius 3 is 2.52 bits per heavy atom. The molecule has 118 valence electrons. The van der Waals surface area contributed by atoms with E-state index < -0.39 is 24.0 Å². The van der Waals surface area contributed by atoms with Crippen LogP contribution in [0.3, 0.4) is 0 Å². The van der Waals surface area contributed by atoms with Crippen molar-refractivity contribution < 1.29 is 27.4 Å². The highest BCUT2D eigenvalue weighted by atomic mass is 19.4. The lowest BCUT2D eigenvalue weighted by Crippen LogP contribution is -2.46. The van der Waals surface area contributed by atoms with Crippen molar-refractivity contribution in [2.45, 2.75) is 12.4 Å². The second-order valence-electron chi connectivity index (χ2n) is 4.72. The van der Waals surface area contributed by atoms with Gasteiger partial charge in [0.15, 0.2) is 0 Å². The average Bonchev–Trinajstić information content (AvgIpc) is 2.43. The van der Waals surface area contributed by atoms with Crippen molar-refractivity contribution in [2.24, 2.45) is 0 Å². The summed E-state index contributed by atoms with van der Waals surface area (Å²) in [6.45, 7) is 2.13. The number of rotatable bonds is 4. The van der Waals surface area contributed by atoms with Gasteiger partial charge in [-0.25, -0.2) is 4.39 Å². The smallest absolute Gasteiger partial charge is 0.406 e. The van der Waals surface area contributed by atoms with Crippen LogP contribution in [0.4, 0.5) is 17.6 Å². The number of nitrogens with zero attached hydrogens (tertiary/aromatic N) is 1. The number of piperazine rings is 1. The Labute approximate surface area is 119 Å². The number of aliphatic hydroxyl groups excluding tert-OH is 1. The lowest BCUT2D eigenvalue weighted by atomic mass is 10.0. The van der Waals surface area contributed by atoms with Gasteiger partial charge in [0.2, 0.25) is 0 Å². The van der Waals surface area contributed by atoms with E-state index >= 15 is 0 Å². The molecule has 1 aliphatic rings. The number of alkyl halides is 3. The van der Waals surface area contributed by atoms with Crippen LogP contribution in [0, 0.1) is 5.82 Å². The largest absolute Gasteiger partial charge is 0.573 e. The van der Waals surface area contributed by atoms with Gasteiger partial charge < -0.3 is 15.2 Å². The van der Waals surface area contributed by atoms with Gasteiger partial charge in [0.25, 0.3) is 0 Å². The van der Waals surface area contributed by atoms with Crippen LogP contribution >= 0.6 is 0 Å². The summed E-state index contributed by atoms with van der Waals surface area (Å²) in [4.78, 5) is 1.83. The van der Waals surface area contributed by atoms with Crippen molar-refractivity contribution in [1.82, 2.24) is 10.2 Å². The van der Waals surface area contributed by atoms with Gasteiger partial charge in [0.1, 0.15) is 11.6 Å². The Balaban J connectivity index is 2.24. The maximum Gasteiger partial charge on any atom is 0.573 e. The number of nitrogens with one attached hydrogen (secondary N) is 1. The topological polar surface area (TPSA) is 44.7 Å². The molecule has 4 nitrogen and oxygen atoms in total. The minimum atomic E-state index is -4.83. The maximum absolute atomic E-state index is 13.9.